The summed E-state index contributed by atoms with van der Waals surface area (Å²) >= 11 is 0. The summed E-state index contributed by atoms with van der Waals surface area (Å²) in [6.07, 6.45) is 2.29. The molecule has 4 aromatic rings. The highest BCUT2D eigenvalue weighted by atomic mass is 32.2. The van der Waals surface area contributed by atoms with Crippen LogP contribution in [0.5, 0.6) is 5.75 Å². The molecule has 0 atom stereocenters. The van der Waals surface area contributed by atoms with Crippen LogP contribution in [0.4, 0.5) is 0 Å². The summed E-state index contributed by atoms with van der Waals surface area (Å²) in [5.41, 5.74) is 4.36. The molecule has 2 aromatic carbocycles. The van der Waals surface area contributed by atoms with Crippen LogP contribution in [0, 0.1) is 6.92 Å². The van der Waals surface area contributed by atoms with Crippen LogP contribution >= 0.6 is 0 Å². The highest BCUT2D eigenvalue weighted by molar-refractivity contribution is 7.89. The van der Waals surface area contributed by atoms with Crippen LogP contribution in [0.2, 0.25) is 0 Å². The van der Waals surface area contributed by atoms with Crippen LogP contribution in [-0.4, -0.2) is 39.8 Å². The van der Waals surface area contributed by atoms with E-state index in [0.717, 1.165) is 27.6 Å². The van der Waals surface area contributed by atoms with Gasteiger partial charge in [0, 0.05) is 44.0 Å². The molecule has 0 saturated carbocycles. The second kappa shape index (κ2) is 8.83. The Morgan fingerprint density at radius 3 is 2.77 bits per heavy atom. The molecular formula is C26H26N4O4S. The van der Waals surface area contributed by atoms with Gasteiger partial charge in [0.25, 0.3) is 5.91 Å². The van der Waals surface area contributed by atoms with Crippen molar-refractivity contribution in [3.8, 4) is 5.75 Å². The van der Waals surface area contributed by atoms with Crippen molar-refractivity contribution < 1.29 is 18.3 Å². The fourth-order valence-electron chi connectivity index (χ4n) is 4.60. The summed E-state index contributed by atoms with van der Waals surface area (Å²) in [6, 6.07) is 16.1. The van der Waals surface area contributed by atoms with Gasteiger partial charge in [-0.2, -0.15) is 4.31 Å². The molecule has 8 nitrogen and oxygen atoms in total. The minimum Gasteiger partial charge on any atom is -0.508 e. The van der Waals surface area contributed by atoms with Gasteiger partial charge in [-0.15, -0.1) is 0 Å². The van der Waals surface area contributed by atoms with E-state index in [9.17, 15) is 18.3 Å². The number of carbonyl (C=O) groups excluding carboxylic acids is 1. The Morgan fingerprint density at radius 2 is 1.94 bits per heavy atom. The minimum atomic E-state index is -3.84. The predicted octanol–water partition coefficient (Wildman–Crippen LogP) is 3.26. The van der Waals surface area contributed by atoms with Crippen molar-refractivity contribution in [2.24, 2.45) is 7.05 Å². The Hall–Kier alpha value is -3.69. The van der Waals surface area contributed by atoms with Gasteiger partial charge in [0.05, 0.1) is 5.52 Å². The second-order valence-corrected chi connectivity index (χ2v) is 10.7. The molecule has 1 aliphatic heterocycles. The summed E-state index contributed by atoms with van der Waals surface area (Å²) in [4.78, 5) is 17.5. The molecule has 180 valence electrons. The van der Waals surface area contributed by atoms with E-state index in [1.807, 2.05) is 36.4 Å². The van der Waals surface area contributed by atoms with E-state index in [0.29, 0.717) is 25.2 Å². The van der Waals surface area contributed by atoms with Gasteiger partial charge in [0.15, 0.2) is 0 Å². The van der Waals surface area contributed by atoms with E-state index in [1.54, 1.807) is 36.9 Å². The average Bonchev–Trinajstić information content (AvgIpc) is 3.17. The Balaban J connectivity index is 1.38. The maximum Gasteiger partial charge on any atom is 0.268 e. The molecule has 2 aromatic heterocycles. The molecule has 0 bridgehead atoms. The quantitative estimate of drug-likeness (QED) is 0.447. The normalized spacial score (nSPS) is 14.1. The summed E-state index contributed by atoms with van der Waals surface area (Å²) in [6.45, 7) is 2.51. The van der Waals surface area contributed by atoms with Crippen molar-refractivity contribution in [3.63, 3.8) is 0 Å². The van der Waals surface area contributed by atoms with Crippen LogP contribution in [0.25, 0.3) is 10.9 Å². The van der Waals surface area contributed by atoms with Crippen LogP contribution in [0.3, 0.4) is 0 Å². The first kappa shape index (κ1) is 23.1. The Morgan fingerprint density at radius 1 is 1.11 bits per heavy atom. The Kier molecular flexibility index (Phi) is 5.82. The van der Waals surface area contributed by atoms with Gasteiger partial charge in [-0.05, 0) is 60.4 Å². The standard InChI is InChI=1S/C26H26N4O4S/c1-17-25(35(33,34)30-12-10-18-8-9-21(31)13-20(18)16-30)14-24(29(17)2)26(32)28-15-19-5-3-7-23-22(19)6-4-11-27-23/h3-9,11,13-14,31H,10,12,15-16H2,1-2H3,(H,28,32). The van der Waals surface area contributed by atoms with Crippen LogP contribution < -0.4 is 5.32 Å². The predicted molar refractivity (Wildman–Crippen MR) is 132 cm³/mol. The van der Waals surface area contributed by atoms with Gasteiger partial charge >= 0.3 is 0 Å². The number of fused-ring (bicyclic) bond motifs is 2. The van der Waals surface area contributed by atoms with E-state index < -0.39 is 10.0 Å². The highest BCUT2D eigenvalue weighted by Crippen LogP contribution is 2.30. The minimum absolute atomic E-state index is 0.111. The first-order valence-electron chi connectivity index (χ1n) is 11.3. The molecule has 9 heteroatoms. The first-order valence-corrected chi connectivity index (χ1v) is 12.8. The number of sulfonamides is 1. The maximum absolute atomic E-state index is 13.5. The van der Waals surface area contributed by atoms with Gasteiger partial charge in [0.2, 0.25) is 10.0 Å². The third kappa shape index (κ3) is 4.17. The fraction of sp³-hybridized carbons (Fsp3) is 0.231. The lowest BCUT2D eigenvalue weighted by Crippen LogP contribution is -2.36. The highest BCUT2D eigenvalue weighted by Gasteiger charge is 2.32. The van der Waals surface area contributed by atoms with Crippen LogP contribution in [0.15, 0.2) is 65.7 Å². The van der Waals surface area contributed by atoms with Gasteiger partial charge in [0.1, 0.15) is 16.3 Å². The number of nitrogens with one attached hydrogen (secondary N) is 1. The lowest BCUT2D eigenvalue weighted by atomic mass is 10.0. The molecule has 0 fully saturated rings. The number of aromatic hydroxyl groups is 1. The molecule has 1 aliphatic rings. The average molecular weight is 491 g/mol. The van der Waals surface area contributed by atoms with E-state index in [1.165, 1.54) is 10.4 Å². The Bertz CT molecular complexity index is 1550. The van der Waals surface area contributed by atoms with Crippen LogP contribution in [0.1, 0.15) is 32.9 Å². The first-order chi connectivity index (χ1) is 16.8. The van der Waals surface area contributed by atoms with E-state index in [-0.39, 0.29) is 28.8 Å². The molecule has 35 heavy (non-hydrogen) atoms. The zero-order valence-electron chi connectivity index (χ0n) is 19.5. The molecular weight excluding hydrogens is 464 g/mol. The van der Waals surface area contributed by atoms with E-state index in [4.69, 9.17) is 0 Å². The van der Waals surface area contributed by atoms with Crippen molar-refractivity contribution in [2.75, 3.05) is 6.54 Å². The number of amides is 1. The van der Waals surface area contributed by atoms with Crippen LogP contribution in [-0.2, 0) is 36.6 Å². The van der Waals surface area contributed by atoms with Gasteiger partial charge in [-0.1, -0.05) is 24.3 Å². The number of rotatable bonds is 5. The zero-order chi connectivity index (χ0) is 24.7. The van der Waals surface area contributed by atoms with Crippen molar-refractivity contribution in [1.29, 1.82) is 0 Å². The van der Waals surface area contributed by atoms with Gasteiger partial charge in [-0.25, -0.2) is 8.42 Å². The largest absolute Gasteiger partial charge is 0.508 e. The molecule has 0 radical (unpaired) electrons. The van der Waals surface area contributed by atoms with Crippen molar-refractivity contribution in [2.45, 2.75) is 31.3 Å². The molecule has 1 amide bonds. The van der Waals surface area contributed by atoms with Crippen molar-refractivity contribution in [1.82, 2.24) is 19.2 Å². The van der Waals surface area contributed by atoms with E-state index >= 15 is 0 Å². The monoisotopic (exact) mass is 490 g/mol. The summed E-state index contributed by atoms with van der Waals surface area (Å²) in [5, 5.41) is 13.7. The van der Waals surface area contributed by atoms with Crippen molar-refractivity contribution >= 4 is 26.8 Å². The molecule has 3 heterocycles. The molecule has 2 N–H and O–H groups in total. The second-order valence-electron chi connectivity index (χ2n) is 8.75. The number of pyridine rings is 1. The fourth-order valence-corrected chi connectivity index (χ4v) is 6.29. The number of benzene rings is 2. The zero-order valence-corrected chi connectivity index (χ0v) is 20.3. The maximum atomic E-state index is 13.5. The number of phenols is 1. The van der Waals surface area contributed by atoms with E-state index in [2.05, 4.69) is 10.3 Å². The smallest absolute Gasteiger partial charge is 0.268 e. The Labute approximate surface area is 203 Å². The van der Waals surface area contributed by atoms with Gasteiger partial charge < -0.3 is 15.0 Å². The third-order valence-electron chi connectivity index (χ3n) is 6.68. The lowest BCUT2D eigenvalue weighted by Gasteiger charge is -2.28. The number of hydrogen-bond donors (Lipinski definition) is 2. The number of phenolic OH excluding ortho intramolecular Hbond substituents is 1. The molecule has 5 rings (SSSR count). The number of nitrogens with zero attached hydrogens (tertiary/aromatic N) is 3. The van der Waals surface area contributed by atoms with Crippen molar-refractivity contribution in [3.05, 3.63) is 88.9 Å². The lowest BCUT2D eigenvalue weighted by molar-refractivity contribution is 0.0942. The molecule has 0 saturated heterocycles. The topological polar surface area (TPSA) is 105 Å². The third-order valence-corrected chi connectivity index (χ3v) is 8.64. The summed E-state index contributed by atoms with van der Waals surface area (Å²) in [7, 11) is -2.15. The molecule has 0 spiro atoms. The summed E-state index contributed by atoms with van der Waals surface area (Å²) < 4.78 is 30.1. The summed E-state index contributed by atoms with van der Waals surface area (Å²) in [5.74, 6) is -0.244. The molecule has 0 unspecified atom stereocenters. The van der Waals surface area contributed by atoms with Gasteiger partial charge in [-0.3, -0.25) is 9.78 Å². The number of hydrogen-bond acceptors (Lipinski definition) is 5. The SMILES string of the molecule is Cc1c(S(=O)(=O)N2CCc3ccc(O)cc3C2)cc(C(=O)NCc2cccc3ncccc23)n1C. The molecule has 0 aliphatic carbocycles. The number of aromatic nitrogens is 2. The number of carbonyl (C=O) groups is 1.